The van der Waals surface area contributed by atoms with Gasteiger partial charge in [0, 0.05) is 18.0 Å². The van der Waals surface area contributed by atoms with Crippen molar-refractivity contribution in [3.05, 3.63) is 36.3 Å². The summed E-state index contributed by atoms with van der Waals surface area (Å²) in [7, 11) is 0. The van der Waals surface area contributed by atoms with Gasteiger partial charge in [0.25, 0.3) is 0 Å². The predicted molar refractivity (Wildman–Crippen MR) is 64.3 cm³/mol. The summed E-state index contributed by atoms with van der Waals surface area (Å²) >= 11 is 0. The lowest BCUT2D eigenvalue weighted by molar-refractivity contribution is -0.0660. The molecule has 0 spiro atoms. The minimum atomic E-state index is -0.134. The van der Waals surface area contributed by atoms with Crippen LogP contribution in [0.25, 0.3) is 11.3 Å². The zero-order chi connectivity index (χ0) is 11.9. The Balaban J connectivity index is 1.98. The number of aromatic nitrogens is 3. The van der Waals surface area contributed by atoms with E-state index in [4.69, 9.17) is 4.74 Å². The molecule has 0 N–H and O–H groups in total. The SMILES string of the molecule is CC1(C)Cn2nc(-c3cccnc3)cc2CO1. The first-order valence-corrected chi connectivity index (χ1v) is 5.75. The van der Waals surface area contributed by atoms with Gasteiger partial charge in [-0.05, 0) is 32.0 Å². The summed E-state index contributed by atoms with van der Waals surface area (Å²) < 4.78 is 7.80. The van der Waals surface area contributed by atoms with Crippen LogP contribution in [0.4, 0.5) is 0 Å². The zero-order valence-electron chi connectivity index (χ0n) is 10.1. The van der Waals surface area contributed by atoms with Crippen LogP contribution in [0.3, 0.4) is 0 Å². The van der Waals surface area contributed by atoms with Gasteiger partial charge in [-0.15, -0.1) is 0 Å². The molecule has 3 rings (SSSR count). The number of fused-ring (bicyclic) bond motifs is 1. The van der Waals surface area contributed by atoms with Crippen LogP contribution in [-0.4, -0.2) is 20.4 Å². The molecule has 2 aromatic rings. The lowest BCUT2D eigenvalue weighted by Gasteiger charge is -2.30. The minimum Gasteiger partial charge on any atom is -0.367 e. The largest absolute Gasteiger partial charge is 0.367 e. The van der Waals surface area contributed by atoms with Crippen LogP contribution in [0.2, 0.25) is 0 Å². The third-order valence-electron chi connectivity index (χ3n) is 2.96. The molecule has 0 atom stereocenters. The smallest absolute Gasteiger partial charge is 0.0942 e. The number of hydrogen-bond donors (Lipinski definition) is 0. The summed E-state index contributed by atoms with van der Waals surface area (Å²) in [5.74, 6) is 0. The van der Waals surface area contributed by atoms with Gasteiger partial charge in [0.2, 0.25) is 0 Å². The van der Waals surface area contributed by atoms with E-state index in [-0.39, 0.29) is 5.60 Å². The molecule has 3 heterocycles. The monoisotopic (exact) mass is 229 g/mol. The van der Waals surface area contributed by atoms with Gasteiger partial charge in [-0.2, -0.15) is 5.10 Å². The Morgan fingerprint density at radius 3 is 3.06 bits per heavy atom. The van der Waals surface area contributed by atoms with Crippen LogP contribution in [0.5, 0.6) is 0 Å². The number of hydrogen-bond acceptors (Lipinski definition) is 3. The summed E-state index contributed by atoms with van der Waals surface area (Å²) in [6, 6.07) is 6.02. The fourth-order valence-corrected chi connectivity index (χ4v) is 2.04. The first kappa shape index (κ1) is 10.5. The van der Waals surface area contributed by atoms with Crippen molar-refractivity contribution in [3.63, 3.8) is 0 Å². The molecule has 17 heavy (non-hydrogen) atoms. The number of nitrogens with zero attached hydrogens (tertiary/aromatic N) is 3. The maximum absolute atomic E-state index is 5.76. The highest BCUT2D eigenvalue weighted by Gasteiger charge is 2.27. The van der Waals surface area contributed by atoms with Crippen molar-refractivity contribution in [3.8, 4) is 11.3 Å². The van der Waals surface area contributed by atoms with E-state index in [1.165, 1.54) is 0 Å². The van der Waals surface area contributed by atoms with Crippen molar-refractivity contribution in [2.45, 2.75) is 32.6 Å². The topological polar surface area (TPSA) is 39.9 Å². The fraction of sp³-hybridized carbons (Fsp3) is 0.385. The van der Waals surface area contributed by atoms with Gasteiger partial charge in [0.05, 0.1) is 30.1 Å². The van der Waals surface area contributed by atoms with E-state index in [1.807, 2.05) is 23.0 Å². The summed E-state index contributed by atoms with van der Waals surface area (Å²) in [4.78, 5) is 4.12. The highest BCUT2D eigenvalue weighted by molar-refractivity contribution is 5.57. The highest BCUT2D eigenvalue weighted by Crippen LogP contribution is 2.26. The minimum absolute atomic E-state index is 0.134. The average Bonchev–Trinajstić information content (AvgIpc) is 2.71. The molecule has 4 nitrogen and oxygen atoms in total. The standard InChI is InChI=1S/C13H15N3O/c1-13(2)9-16-11(8-17-13)6-12(15-16)10-4-3-5-14-7-10/h3-7H,8-9H2,1-2H3. The molecule has 0 saturated carbocycles. The Kier molecular flexibility index (Phi) is 2.26. The number of rotatable bonds is 1. The molecule has 0 aromatic carbocycles. The molecule has 0 saturated heterocycles. The first-order chi connectivity index (χ1) is 8.14. The molecule has 0 bridgehead atoms. The van der Waals surface area contributed by atoms with Gasteiger partial charge in [-0.3, -0.25) is 9.67 Å². The second-order valence-electron chi connectivity index (χ2n) is 4.97. The number of ether oxygens (including phenoxy) is 1. The van der Waals surface area contributed by atoms with Crippen molar-refractivity contribution < 1.29 is 4.74 Å². The van der Waals surface area contributed by atoms with Gasteiger partial charge in [-0.1, -0.05) is 0 Å². The third-order valence-corrected chi connectivity index (χ3v) is 2.96. The average molecular weight is 229 g/mol. The Morgan fingerprint density at radius 2 is 2.29 bits per heavy atom. The first-order valence-electron chi connectivity index (χ1n) is 5.75. The zero-order valence-corrected chi connectivity index (χ0v) is 10.1. The van der Waals surface area contributed by atoms with Crippen LogP contribution in [0.1, 0.15) is 19.5 Å². The van der Waals surface area contributed by atoms with Crippen LogP contribution < -0.4 is 0 Å². The Hall–Kier alpha value is -1.68. The third kappa shape index (κ3) is 1.96. The van der Waals surface area contributed by atoms with Gasteiger partial charge >= 0.3 is 0 Å². The summed E-state index contributed by atoms with van der Waals surface area (Å²) in [6.07, 6.45) is 3.60. The molecule has 0 unspecified atom stereocenters. The molecule has 0 aliphatic carbocycles. The van der Waals surface area contributed by atoms with E-state index in [0.717, 1.165) is 23.5 Å². The Labute approximate surface area is 100 Å². The van der Waals surface area contributed by atoms with E-state index in [0.29, 0.717) is 6.61 Å². The molecular weight excluding hydrogens is 214 g/mol. The molecule has 1 aliphatic heterocycles. The van der Waals surface area contributed by atoms with E-state index < -0.39 is 0 Å². The fourth-order valence-electron chi connectivity index (χ4n) is 2.04. The van der Waals surface area contributed by atoms with E-state index >= 15 is 0 Å². The molecule has 0 fully saturated rings. The molecule has 1 aliphatic rings. The van der Waals surface area contributed by atoms with Gasteiger partial charge in [0.15, 0.2) is 0 Å². The van der Waals surface area contributed by atoms with E-state index in [2.05, 4.69) is 30.0 Å². The number of pyridine rings is 1. The van der Waals surface area contributed by atoms with Crippen molar-refractivity contribution in [2.24, 2.45) is 0 Å². The quantitative estimate of drug-likeness (QED) is 0.753. The normalized spacial score (nSPS) is 17.8. The lowest BCUT2D eigenvalue weighted by Crippen LogP contribution is -2.36. The highest BCUT2D eigenvalue weighted by atomic mass is 16.5. The van der Waals surface area contributed by atoms with Gasteiger partial charge in [0.1, 0.15) is 0 Å². The Bertz CT molecular complexity index is 531. The van der Waals surface area contributed by atoms with Crippen molar-refractivity contribution in [2.75, 3.05) is 0 Å². The molecule has 0 amide bonds. The van der Waals surface area contributed by atoms with Crippen molar-refractivity contribution in [1.29, 1.82) is 0 Å². The van der Waals surface area contributed by atoms with E-state index in [1.54, 1.807) is 6.20 Å². The molecule has 2 aromatic heterocycles. The van der Waals surface area contributed by atoms with E-state index in [9.17, 15) is 0 Å². The maximum atomic E-state index is 5.76. The second kappa shape index (κ2) is 3.67. The maximum Gasteiger partial charge on any atom is 0.0942 e. The summed E-state index contributed by atoms with van der Waals surface area (Å²) in [6.45, 7) is 5.59. The second-order valence-corrected chi connectivity index (χ2v) is 4.97. The van der Waals surface area contributed by atoms with Gasteiger partial charge in [-0.25, -0.2) is 0 Å². The molecule has 4 heteroatoms. The van der Waals surface area contributed by atoms with Crippen LogP contribution >= 0.6 is 0 Å². The molecular formula is C13H15N3O. The lowest BCUT2D eigenvalue weighted by atomic mass is 10.1. The molecule has 0 radical (unpaired) electrons. The predicted octanol–water partition coefficient (Wildman–Crippen LogP) is 2.25. The van der Waals surface area contributed by atoms with Crippen LogP contribution in [0.15, 0.2) is 30.6 Å². The van der Waals surface area contributed by atoms with Crippen LogP contribution in [0, 0.1) is 0 Å². The van der Waals surface area contributed by atoms with Gasteiger partial charge < -0.3 is 4.74 Å². The van der Waals surface area contributed by atoms with Crippen LogP contribution in [-0.2, 0) is 17.9 Å². The van der Waals surface area contributed by atoms with Crippen molar-refractivity contribution >= 4 is 0 Å². The Morgan fingerprint density at radius 1 is 1.41 bits per heavy atom. The summed E-state index contributed by atoms with van der Waals surface area (Å²) in [5.41, 5.74) is 3.01. The molecule has 88 valence electrons. The summed E-state index contributed by atoms with van der Waals surface area (Å²) in [5, 5.41) is 4.61. The van der Waals surface area contributed by atoms with Crippen molar-refractivity contribution in [1.82, 2.24) is 14.8 Å².